The first-order chi connectivity index (χ1) is 23.8. The van der Waals surface area contributed by atoms with E-state index in [-0.39, 0.29) is 6.04 Å². The van der Waals surface area contributed by atoms with Gasteiger partial charge in [-0.05, 0) is 71.3 Å². The zero-order valence-corrected chi connectivity index (χ0v) is 26.0. The minimum atomic E-state index is -0.0802. The van der Waals surface area contributed by atoms with E-state index in [4.69, 9.17) is 9.97 Å². The zero-order chi connectivity index (χ0) is 31.6. The Bertz CT molecular complexity index is 2690. The van der Waals surface area contributed by atoms with E-state index in [0.29, 0.717) is 0 Å². The third-order valence-electron chi connectivity index (χ3n) is 9.60. The standard InChI is InChI=1S/C43H29N5/c1-2-12-29(13-3-1)41-31(28-22-24-30(25-23-28)47-38-19-9-5-14-32(38)33-15-6-10-20-39(33)47)26-27-37(44-41)43-45-35-17-7-4-16-34(35)42-46-36-18-8-11-21-40(36)48(42)43/h1-27,41,44H. The fourth-order valence-electron chi connectivity index (χ4n) is 7.39. The van der Waals surface area contributed by atoms with Crippen molar-refractivity contribution in [2.75, 3.05) is 0 Å². The highest BCUT2D eigenvalue weighted by Gasteiger charge is 2.25. The van der Waals surface area contributed by atoms with Crippen LogP contribution in [0.1, 0.15) is 23.0 Å². The van der Waals surface area contributed by atoms with Gasteiger partial charge < -0.3 is 9.88 Å². The second kappa shape index (κ2) is 10.5. The van der Waals surface area contributed by atoms with Gasteiger partial charge in [-0.3, -0.25) is 4.40 Å². The van der Waals surface area contributed by atoms with E-state index in [1.54, 1.807) is 0 Å². The molecule has 0 amide bonds. The molecular weight excluding hydrogens is 587 g/mol. The molecule has 0 saturated carbocycles. The molecule has 0 radical (unpaired) electrons. The average molecular weight is 616 g/mol. The maximum atomic E-state index is 5.23. The number of rotatable bonds is 4. The Morgan fingerprint density at radius 3 is 1.83 bits per heavy atom. The number of nitrogens with zero attached hydrogens (tertiary/aromatic N) is 4. The number of benzene rings is 6. The monoisotopic (exact) mass is 615 g/mol. The lowest BCUT2D eigenvalue weighted by molar-refractivity contribution is 0.772. The van der Waals surface area contributed by atoms with Crippen molar-refractivity contribution in [2.24, 2.45) is 0 Å². The number of fused-ring (bicyclic) bond motifs is 8. The summed E-state index contributed by atoms with van der Waals surface area (Å²) in [6, 6.07) is 53.4. The van der Waals surface area contributed by atoms with Gasteiger partial charge in [0.05, 0.1) is 39.3 Å². The lowest BCUT2D eigenvalue weighted by Crippen LogP contribution is -2.25. The van der Waals surface area contributed by atoms with Gasteiger partial charge in [0.15, 0.2) is 5.82 Å². The molecule has 0 aliphatic carbocycles. The van der Waals surface area contributed by atoms with Gasteiger partial charge in [0.2, 0.25) is 0 Å². The molecule has 1 aliphatic rings. The summed E-state index contributed by atoms with van der Waals surface area (Å²) in [5.41, 5.74) is 11.9. The fraction of sp³-hybridized carbons (Fsp3) is 0.0233. The van der Waals surface area contributed by atoms with Crippen LogP contribution in [0.4, 0.5) is 0 Å². The Morgan fingerprint density at radius 1 is 0.500 bits per heavy atom. The van der Waals surface area contributed by atoms with Gasteiger partial charge in [-0.15, -0.1) is 0 Å². The fourth-order valence-corrected chi connectivity index (χ4v) is 7.39. The number of hydrogen-bond acceptors (Lipinski definition) is 3. The maximum Gasteiger partial charge on any atom is 0.163 e. The topological polar surface area (TPSA) is 47.1 Å². The SMILES string of the molecule is C1=C(c2nc3ccccc3c3nc4ccccc4n23)NC(c2ccccc2)C(c2ccc(-n3c4ccccc4c4ccccc43)cc2)=C1. The van der Waals surface area contributed by atoms with Crippen molar-refractivity contribution in [1.29, 1.82) is 0 Å². The molecule has 10 rings (SSSR count). The second-order valence-corrected chi connectivity index (χ2v) is 12.3. The highest BCUT2D eigenvalue weighted by molar-refractivity contribution is 6.09. The van der Waals surface area contributed by atoms with Crippen LogP contribution in [0, 0.1) is 0 Å². The third kappa shape index (κ3) is 4.04. The van der Waals surface area contributed by atoms with Crippen molar-refractivity contribution in [3.63, 3.8) is 0 Å². The van der Waals surface area contributed by atoms with Crippen LogP contribution in [0.3, 0.4) is 0 Å². The van der Waals surface area contributed by atoms with Crippen molar-refractivity contribution in [1.82, 2.24) is 24.3 Å². The molecule has 1 unspecified atom stereocenters. The first-order valence-corrected chi connectivity index (χ1v) is 16.3. The molecule has 5 heteroatoms. The molecule has 0 bridgehead atoms. The number of imidazole rings is 1. The first-order valence-electron chi connectivity index (χ1n) is 16.3. The molecule has 1 N–H and O–H groups in total. The van der Waals surface area contributed by atoms with Crippen LogP contribution in [0.5, 0.6) is 0 Å². The number of para-hydroxylation sites is 5. The van der Waals surface area contributed by atoms with E-state index >= 15 is 0 Å². The van der Waals surface area contributed by atoms with Crippen LogP contribution < -0.4 is 5.32 Å². The van der Waals surface area contributed by atoms with Crippen molar-refractivity contribution in [3.05, 3.63) is 181 Å². The van der Waals surface area contributed by atoms with Crippen LogP contribution >= 0.6 is 0 Å². The van der Waals surface area contributed by atoms with Crippen LogP contribution in [0.2, 0.25) is 0 Å². The smallest absolute Gasteiger partial charge is 0.163 e. The van der Waals surface area contributed by atoms with E-state index in [2.05, 4.69) is 160 Å². The summed E-state index contributed by atoms with van der Waals surface area (Å²) in [4.78, 5) is 10.3. The molecular formula is C43H29N5. The van der Waals surface area contributed by atoms with Crippen molar-refractivity contribution < 1.29 is 0 Å². The second-order valence-electron chi connectivity index (χ2n) is 12.3. The van der Waals surface area contributed by atoms with Gasteiger partial charge in [-0.1, -0.05) is 109 Å². The predicted octanol–water partition coefficient (Wildman–Crippen LogP) is 9.90. The molecule has 1 atom stereocenters. The molecule has 9 aromatic rings. The number of dihydropyridines is 1. The van der Waals surface area contributed by atoms with Crippen LogP contribution in [-0.2, 0) is 0 Å². The summed E-state index contributed by atoms with van der Waals surface area (Å²) in [7, 11) is 0. The summed E-state index contributed by atoms with van der Waals surface area (Å²) in [6.45, 7) is 0. The highest BCUT2D eigenvalue weighted by Crippen LogP contribution is 2.38. The summed E-state index contributed by atoms with van der Waals surface area (Å²) in [6.07, 6.45) is 4.42. The van der Waals surface area contributed by atoms with Gasteiger partial charge in [-0.2, -0.15) is 0 Å². The van der Waals surface area contributed by atoms with Gasteiger partial charge >= 0.3 is 0 Å². The van der Waals surface area contributed by atoms with Crippen LogP contribution in [0.25, 0.3) is 66.3 Å². The lowest BCUT2D eigenvalue weighted by Gasteiger charge is -2.29. The minimum Gasteiger partial charge on any atom is -0.371 e. The van der Waals surface area contributed by atoms with Crippen molar-refractivity contribution >= 4 is 60.7 Å². The molecule has 5 nitrogen and oxygen atoms in total. The Morgan fingerprint density at radius 2 is 1.10 bits per heavy atom. The number of nitrogens with one attached hydrogen (secondary N) is 1. The number of aromatic nitrogens is 4. The van der Waals surface area contributed by atoms with Crippen LogP contribution in [-0.4, -0.2) is 18.9 Å². The highest BCUT2D eigenvalue weighted by atomic mass is 15.1. The molecule has 0 fully saturated rings. The molecule has 6 aromatic carbocycles. The van der Waals surface area contributed by atoms with Gasteiger partial charge in [-0.25, -0.2) is 9.97 Å². The summed E-state index contributed by atoms with van der Waals surface area (Å²) in [5.74, 6) is 0.843. The van der Waals surface area contributed by atoms with Crippen molar-refractivity contribution in [2.45, 2.75) is 6.04 Å². The summed E-state index contributed by atoms with van der Waals surface area (Å²) >= 11 is 0. The molecule has 0 saturated heterocycles. The molecule has 226 valence electrons. The van der Waals surface area contributed by atoms with E-state index in [9.17, 15) is 0 Å². The van der Waals surface area contributed by atoms with Crippen LogP contribution in [0.15, 0.2) is 164 Å². The van der Waals surface area contributed by atoms with Gasteiger partial charge in [0.25, 0.3) is 0 Å². The molecule has 3 aromatic heterocycles. The van der Waals surface area contributed by atoms with Gasteiger partial charge in [0.1, 0.15) is 5.65 Å². The third-order valence-corrected chi connectivity index (χ3v) is 9.60. The normalized spacial score (nSPS) is 14.9. The molecule has 1 aliphatic heterocycles. The Labute approximate surface area is 276 Å². The Hall–Kier alpha value is -6.46. The minimum absolute atomic E-state index is 0.0802. The predicted molar refractivity (Wildman–Crippen MR) is 197 cm³/mol. The average Bonchev–Trinajstić information content (AvgIpc) is 3.72. The Balaban J connectivity index is 1.13. The van der Waals surface area contributed by atoms with E-state index in [1.165, 1.54) is 38.5 Å². The summed E-state index contributed by atoms with van der Waals surface area (Å²) in [5, 5.41) is 7.48. The maximum absolute atomic E-state index is 5.23. The Kier molecular flexibility index (Phi) is 5.87. The van der Waals surface area contributed by atoms with Gasteiger partial charge in [0, 0.05) is 21.8 Å². The largest absolute Gasteiger partial charge is 0.371 e. The van der Waals surface area contributed by atoms with E-state index < -0.39 is 0 Å². The zero-order valence-electron chi connectivity index (χ0n) is 26.0. The lowest BCUT2D eigenvalue weighted by atomic mass is 9.90. The molecule has 0 spiro atoms. The van der Waals surface area contributed by atoms with E-state index in [0.717, 1.165) is 44.8 Å². The molecule has 4 heterocycles. The summed E-state index contributed by atoms with van der Waals surface area (Å²) < 4.78 is 4.55. The quantitative estimate of drug-likeness (QED) is 0.214. The molecule has 48 heavy (non-hydrogen) atoms. The van der Waals surface area contributed by atoms with E-state index in [1.807, 2.05) is 18.2 Å². The van der Waals surface area contributed by atoms with Crippen molar-refractivity contribution in [3.8, 4) is 5.69 Å². The first kappa shape index (κ1) is 26.7. The number of allylic oxidation sites excluding steroid dienone is 2. The number of hydrogen-bond donors (Lipinski definition) is 1.